The zero-order valence-corrected chi connectivity index (χ0v) is 23.9. The van der Waals surface area contributed by atoms with Gasteiger partial charge in [-0.3, -0.25) is 0 Å². The molecule has 2 aromatic rings. The number of hydrogen-bond acceptors (Lipinski definition) is 6. The van der Waals surface area contributed by atoms with Crippen LogP contribution >= 0.6 is 11.8 Å². The summed E-state index contributed by atoms with van der Waals surface area (Å²) in [4.78, 5) is 32.2. The van der Waals surface area contributed by atoms with Crippen LogP contribution in [0, 0.1) is 0 Å². The summed E-state index contributed by atoms with van der Waals surface area (Å²) < 4.78 is 11.1. The third-order valence-electron chi connectivity index (χ3n) is 6.52. The number of carbonyl (C=O) groups excluding carboxylic acids is 2. The van der Waals surface area contributed by atoms with Crippen LogP contribution in [0.1, 0.15) is 54.4 Å². The average molecular weight is 528 g/mol. The first kappa shape index (κ1) is 27.4. The molecular weight excluding hydrogens is 486 g/mol. The quantitative estimate of drug-likeness (QED) is 0.461. The Kier molecular flexibility index (Phi) is 8.17. The molecule has 0 saturated carbocycles. The third kappa shape index (κ3) is 7.24. The molecule has 0 bridgehead atoms. The normalized spacial score (nSPS) is 17.7. The molecule has 0 unspecified atom stereocenters. The van der Waals surface area contributed by atoms with Crippen molar-refractivity contribution >= 4 is 40.4 Å². The summed E-state index contributed by atoms with van der Waals surface area (Å²) in [6, 6.07) is 13.1. The summed E-state index contributed by atoms with van der Waals surface area (Å²) in [6.07, 6.45) is 1.46. The highest BCUT2D eigenvalue weighted by atomic mass is 32.2. The number of amides is 2. The third-order valence-corrected chi connectivity index (χ3v) is 7.94. The zero-order valence-electron chi connectivity index (χ0n) is 23.1. The molecule has 2 amide bonds. The largest absolute Gasteiger partial charge is 0.444 e. The number of thioether (sulfide) groups is 1. The summed E-state index contributed by atoms with van der Waals surface area (Å²) >= 11 is 1.92. The molecule has 2 fully saturated rings. The minimum atomic E-state index is -0.482. The van der Waals surface area contributed by atoms with Crippen molar-refractivity contribution in [2.24, 2.45) is 0 Å². The van der Waals surface area contributed by atoms with Crippen molar-refractivity contribution in [3.63, 3.8) is 0 Å². The Morgan fingerprint density at radius 3 is 1.78 bits per heavy atom. The summed E-state index contributed by atoms with van der Waals surface area (Å²) in [6.45, 7) is 15.7. The minimum absolute atomic E-state index is 0.211. The van der Waals surface area contributed by atoms with E-state index in [2.05, 4.69) is 41.3 Å². The van der Waals surface area contributed by atoms with Crippen LogP contribution in [0.2, 0.25) is 0 Å². The van der Waals surface area contributed by atoms with Gasteiger partial charge in [0.2, 0.25) is 0 Å². The van der Waals surface area contributed by atoms with Gasteiger partial charge in [-0.15, -0.1) is 11.8 Å². The predicted molar refractivity (Wildman–Crippen MR) is 151 cm³/mol. The molecule has 0 atom stereocenters. The molecule has 37 heavy (non-hydrogen) atoms. The molecule has 0 radical (unpaired) electrons. The molecule has 7 nitrogen and oxygen atoms in total. The molecular formula is C29H41N3O4S. The van der Waals surface area contributed by atoms with Crippen molar-refractivity contribution in [2.75, 3.05) is 44.2 Å². The molecule has 2 saturated heterocycles. The highest BCUT2D eigenvalue weighted by Crippen LogP contribution is 2.39. The Labute approximate surface area is 225 Å². The number of nitrogens with zero attached hydrogens (tertiary/aromatic N) is 3. The van der Waals surface area contributed by atoms with Crippen molar-refractivity contribution in [3.8, 4) is 0 Å². The van der Waals surface area contributed by atoms with Crippen molar-refractivity contribution in [2.45, 2.75) is 75.7 Å². The number of rotatable bonds is 3. The molecule has 2 aliphatic rings. The van der Waals surface area contributed by atoms with Gasteiger partial charge in [0.05, 0.1) is 0 Å². The monoisotopic (exact) mass is 527 g/mol. The average Bonchev–Trinajstić information content (AvgIpc) is 2.83. The first-order valence-electron chi connectivity index (χ1n) is 13.3. The van der Waals surface area contributed by atoms with Crippen molar-refractivity contribution < 1.29 is 19.1 Å². The van der Waals surface area contributed by atoms with E-state index in [-0.39, 0.29) is 12.2 Å². The van der Waals surface area contributed by atoms with Crippen molar-refractivity contribution in [1.29, 1.82) is 0 Å². The molecule has 0 aliphatic carbocycles. The Morgan fingerprint density at radius 1 is 0.730 bits per heavy atom. The lowest BCUT2D eigenvalue weighted by Gasteiger charge is -2.37. The lowest BCUT2D eigenvalue weighted by molar-refractivity contribution is 0.0215. The Bertz CT molecular complexity index is 1110. The van der Waals surface area contributed by atoms with Crippen LogP contribution in [0.3, 0.4) is 0 Å². The lowest BCUT2D eigenvalue weighted by Crippen LogP contribution is -2.50. The van der Waals surface area contributed by atoms with E-state index in [1.807, 2.05) is 58.2 Å². The van der Waals surface area contributed by atoms with E-state index in [0.717, 1.165) is 39.0 Å². The molecule has 2 heterocycles. The number of ether oxygens (including phenoxy) is 2. The van der Waals surface area contributed by atoms with Crippen LogP contribution < -0.4 is 4.90 Å². The fraction of sp³-hybridized carbons (Fsp3) is 0.586. The van der Waals surface area contributed by atoms with E-state index >= 15 is 0 Å². The van der Waals surface area contributed by atoms with E-state index in [4.69, 9.17) is 9.47 Å². The van der Waals surface area contributed by atoms with E-state index in [1.165, 1.54) is 21.4 Å². The number of hydrogen-bond donors (Lipinski definition) is 0. The van der Waals surface area contributed by atoms with Crippen LogP contribution in [-0.4, -0.2) is 77.7 Å². The summed E-state index contributed by atoms with van der Waals surface area (Å²) in [5.74, 6) is 0. The van der Waals surface area contributed by atoms with Crippen LogP contribution in [0.4, 0.5) is 15.3 Å². The van der Waals surface area contributed by atoms with E-state index in [1.54, 1.807) is 4.90 Å². The Hall–Kier alpha value is -2.61. The molecule has 2 aliphatic heterocycles. The maximum absolute atomic E-state index is 12.5. The van der Waals surface area contributed by atoms with Gasteiger partial charge in [-0.05, 0) is 71.9 Å². The Balaban J connectivity index is 1.40. The smallest absolute Gasteiger partial charge is 0.410 e. The fourth-order valence-electron chi connectivity index (χ4n) is 4.75. The van der Waals surface area contributed by atoms with Gasteiger partial charge in [0.1, 0.15) is 11.2 Å². The first-order chi connectivity index (χ1) is 17.4. The van der Waals surface area contributed by atoms with Gasteiger partial charge >= 0.3 is 12.2 Å². The molecule has 202 valence electrons. The fourth-order valence-corrected chi connectivity index (χ4v) is 6.01. The van der Waals surface area contributed by atoms with Crippen molar-refractivity contribution in [1.82, 2.24) is 9.80 Å². The number of likely N-dealkylation sites (tertiary alicyclic amines) is 1. The highest BCUT2D eigenvalue weighted by molar-refractivity contribution is 8.00. The first-order valence-corrected chi connectivity index (χ1v) is 14.2. The van der Waals surface area contributed by atoms with Crippen molar-refractivity contribution in [3.05, 3.63) is 36.4 Å². The van der Waals surface area contributed by atoms with Gasteiger partial charge in [-0.25, -0.2) is 9.59 Å². The van der Waals surface area contributed by atoms with E-state index in [9.17, 15) is 9.59 Å². The number of piperidine rings is 1. The van der Waals surface area contributed by atoms with Crippen LogP contribution in [0.25, 0.3) is 10.8 Å². The number of anilines is 1. The standard InChI is InChI=1S/C29H41N3O4S/c1-28(2,3)35-26(33)31-15-13-21(14-16-31)37-25-12-11-24(22-9-7-8-10-23(22)25)30-17-19-32(20-18-30)27(34)36-29(4,5)6/h7-12,21H,13-20H2,1-6H3. The van der Waals surface area contributed by atoms with E-state index < -0.39 is 11.2 Å². The Morgan fingerprint density at radius 2 is 1.24 bits per heavy atom. The van der Waals surface area contributed by atoms with Gasteiger partial charge in [-0.1, -0.05) is 24.3 Å². The molecule has 0 spiro atoms. The van der Waals surface area contributed by atoms with Gasteiger partial charge < -0.3 is 24.2 Å². The van der Waals surface area contributed by atoms with Gasteiger partial charge in [0.25, 0.3) is 0 Å². The zero-order chi connectivity index (χ0) is 26.8. The summed E-state index contributed by atoms with van der Waals surface area (Å²) in [5.41, 5.74) is 0.263. The maximum Gasteiger partial charge on any atom is 0.410 e. The molecule has 0 aromatic heterocycles. The highest BCUT2D eigenvalue weighted by Gasteiger charge is 2.29. The number of piperazine rings is 1. The number of carbonyl (C=O) groups is 2. The summed E-state index contributed by atoms with van der Waals surface area (Å²) in [7, 11) is 0. The van der Waals surface area contributed by atoms with Gasteiger partial charge in [0, 0.05) is 60.5 Å². The molecule has 4 rings (SSSR count). The second-order valence-corrected chi connectivity index (χ2v) is 13.2. The summed E-state index contributed by atoms with van der Waals surface area (Å²) in [5, 5.41) is 2.96. The topological polar surface area (TPSA) is 62.3 Å². The maximum atomic E-state index is 12.5. The van der Waals surface area contributed by atoms with Crippen LogP contribution in [0.5, 0.6) is 0 Å². The lowest BCUT2D eigenvalue weighted by atomic mass is 10.1. The van der Waals surface area contributed by atoms with Gasteiger partial charge in [0.15, 0.2) is 0 Å². The van der Waals surface area contributed by atoms with Crippen LogP contribution in [0.15, 0.2) is 41.3 Å². The minimum Gasteiger partial charge on any atom is -0.444 e. The second kappa shape index (κ2) is 11.0. The van der Waals surface area contributed by atoms with E-state index in [0.29, 0.717) is 18.3 Å². The molecule has 0 N–H and O–H groups in total. The molecule has 2 aromatic carbocycles. The second-order valence-electron chi connectivity index (χ2n) is 11.9. The molecule has 8 heteroatoms. The number of benzene rings is 2. The number of fused-ring (bicyclic) bond motifs is 1. The van der Waals surface area contributed by atoms with Gasteiger partial charge in [-0.2, -0.15) is 0 Å². The van der Waals surface area contributed by atoms with Crippen LogP contribution in [-0.2, 0) is 9.47 Å². The predicted octanol–water partition coefficient (Wildman–Crippen LogP) is 6.39. The SMILES string of the molecule is CC(C)(C)OC(=O)N1CCC(Sc2ccc(N3CCN(C(=O)OC(C)(C)C)CC3)c3ccccc23)CC1.